The van der Waals surface area contributed by atoms with Gasteiger partial charge in [0.25, 0.3) is 0 Å². The van der Waals surface area contributed by atoms with Crippen molar-refractivity contribution in [1.82, 2.24) is 15.7 Å². The van der Waals surface area contributed by atoms with Crippen LogP contribution in [-0.2, 0) is 0 Å². The van der Waals surface area contributed by atoms with Gasteiger partial charge in [-0.2, -0.15) is 5.10 Å². The van der Waals surface area contributed by atoms with Crippen LogP contribution in [0.4, 0.5) is 4.39 Å². The monoisotopic (exact) mass is 409 g/mol. The summed E-state index contributed by atoms with van der Waals surface area (Å²) in [5.74, 6) is 0.477. The van der Waals surface area contributed by atoms with Crippen LogP contribution in [0.15, 0.2) is 51.1 Å². The number of amidine groups is 2. The van der Waals surface area contributed by atoms with Crippen molar-refractivity contribution >= 4 is 34.6 Å². The molecule has 0 saturated heterocycles. The normalized spacial score (nSPS) is 16.9. The summed E-state index contributed by atoms with van der Waals surface area (Å²) in [6.07, 6.45) is 1.70. The summed E-state index contributed by atoms with van der Waals surface area (Å²) in [4.78, 5) is 9.00. The second kappa shape index (κ2) is 9.45. The molecule has 2 heterocycles. The Morgan fingerprint density at radius 1 is 1.41 bits per heavy atom. The summed E-state index contributed by atoms with van der Waals surface area (Å²) in [6.45, 7) is 1.88. The molecular weight excluding hydrogens is 389 g/mol. The third-order valence-electron chi connectivity index (χ3n) is 3.64. The predicted octanol–water partition coefficient (Wildman–Crippen LogP) is 2.37. The first-order valence-electron chi connectivity index (χ1n) is 7.99. The Balaban J connectivity index is 0.00000126. The van der Waals surface area contributed by atoms with E-state index in [1.165, 1.54) is 30.5 Å². The van der Waals surface area contributed by atoms with E-state index >= 15 is 0 Å². The minimum atomic E-state index is -0.523. The van der Waals surface area contributed by atoms with Gasteiger partial charge < -0.3 is 22.2 Å². The fourth-order valence-corrected chi connectivity index (χ4v) is 3.44. The van der Waals surface area contributed by atoms with Gasteiger partial charge in [0.2, 0.25) is 0 Å². The van der Waals surface area contributed by atoms with Gasteiger partial charge in [-0.25, -0.2) is 9.37 Å². The maximum Gasteiger partial charge on any atom is 0.163 e. The van der Waals surface area contributed by atoms with Gasteiger partial charge in [0, 0.05) is 40.5 Å². The average Bonchev–Trinajstić information content (AvgIpc) is 3.17. The topological polar surface area (TPSA) is 114 Å². The molecule has 6 N–H and O–H groups in total. The molecule has 27 heavy (non-hydrogen) atoms. The van der Waals surface area contributed by atoms with E-state index in [0.717, 1.165) is 10.7 Å². The Kier molecular flexibility index (Phi) is 7.28. The van der Waals surface area contributed by atoms with Gasteiger partial charge in [0.1, 0.15) is 11.9 Å². The Hall–Kier alpha value is -2.49. The Bertz CT molecular complexity index is 877. The number of thiazole rings is 1. The fraction of sp³-hybridized carbons (Fsp3) is 0.235. The molecule has 3 rings (SSSR count). The van der Waals surface area contributed by atoms with Crippen LogP contribution in [0.3, 0.4) is 0 Å². The molecule has 0 spiro atoms. The fourth-order valence-electron chi connectivity index (χ4n) is 2.59. The minimum absolute atomic E-state index is 0.275. The molecular formula is C17H21ClFN7S. The lowest BCUT2D eigenvalue weighted by atomic mass is 9.95. The third kappa shape index (κ3) is 4.62. The maximum absolute atomic E-state index is 13.5. The number of halogens is 2. The largest absolute Gasteiger partial charge is 0.382 e. The van der Waals surface area contributed by atoms with Crippen LogP contribution < -0.4 is 22.2 Å². The zero-order valence-corrected chi connectivity index (χ0v) is 16.7. The van der Waals surface area contributed by atoms with Crippen molar-refractivity contribution in [3.63, 3.8) is 0 Å². The first-order valence-corrected chi connectivity index (χ1v) is 9.25. The number of rotatable bonds is 4. The zero-order valence-electron chi connectivity index (χ0n) is 15.1. The quantitative estimate of drug-likeness (QED) is 0.351. The smallest absolute Gasteiger partial charge is 0.163 e. The van der Waals surface area contributed by atoms with Crippen LogP contribution in [0.1, 0.15) is 23.5 Å². The molecule has 1 atom stereocenters. The molecule has 0 radical (unpaired) electrons. The molecule has 144 valence electrons. The van der Waals surface area contributed by atoms with E-state index in [-0.39, 0.29) is 10.9 Å². The molecule has 1 aromatic carbocycles. The van der Waals surface area contributed by atoms with Crippen molar-refractivity contribution < 1.29 is 4.39 Å². The van der Waals surface area contributed by atoms with E-state index in [2.05, 4.69) is 26.6 Å². The number of nitrogens with one attached hydrogen (secondary N) is 2. The molecule has 0 fully saturated rings. The molecule has 1 aliphatic rings. The van der Waals surface area contributed by atoms with Crippen LogP contribution in [0.5, 0.6) is 0 Å². The van der Waals surface area contributed by atoms with E-state index in [1.807, 2.05) is 12.3 Å². The molecule has 0 amide bonds. The standard InChI is InChI=1S/C16H16ClFN6S.CH5N/c1-8-12(14(19)24-20-2)13(10-4-3-9(18)7-11(10)17)23-15(22-8)16-21-5-6-25-16;1-2/h3-7,13,20H,1-2H3,(H2,19,24)(H,22,23);2H2,1H3. The van der Waals surface area contributed by atoms with E-state index in [9.17, 15) is 4.39 Å². The highest BCUT2D eigenvalue weighted by molar-refractivity contribution is 7.11. The maximum atomic E-state index is 13.5. The zero-order chi connectivity index (χ0) is 20.0. The molecule has 0 bridgehead atoms. The van der Waals surface area contributed by atoms with Crippen LogP contribution >= 0.6 is 22.9 Å². The lowest BCUT2D eigenvalue weighted by Crippen LogP contribution is -2.35. The van der Waals surface area contributed by atoms with Crippen molar-refractivity contribution in [3.05, 3.63) is 62.5 Å². The van der Waals surface area contributed by atoms with Crippen LogP contribution in [0.2, 0.25) is 5.02 Å². The lowest BCUT2D eigenvalue weighted by Gasteiger charge is -2.26. The third-order valence-corrected chi connectivity index (χ3v) is 4.75. The lowest BCUT2D eigenvalue weighted by molar-refractivity contribution is 0.626. The van der Waals surface area contributed by atoms with Gasteiger partial charge in [-0.3, -0.25) is 4.99 Å². The van der Waals surface area contributed by atoms with Gasteiger partial charge in [0.15, 0.2) is 16.7 Å². The molecule has 1 aromatic heterocycles. The number of aromatic nitrogens is 1. The molecule has 1 unspecified atom stereocenters. The Morgan fingerprint density at radius 2 is 2.15 bits per heavy atom. The summed E-state index contributed by atoms with van der Waals surface area (Å²) in [5.41, 5.74) is 15.4. The van der Waals surface area contributed by atoms with Crippen LogP contribution in [0.25, 0.3) is 0 Å². The second-order valence-corrected chi connectivity index (χ2v) is 6.57. The molecule has 10 heteroatoms. The second-order valence-electron chi connectivity index (χ2n) is 5.27. The first kappa shape index (κ1) is 20.8. The number of nitrogens with two attached hydrogens (primary N) is 2. The SMILES string of the molecule is CN.CN/N=C(\N)C1=C(C)NC(c2nccs2)=NC1c1ccc(F)cc1Cl. The average molecular weight is 410 g/mol. The summed E-state index contributed by atoms with van der Waals surface area (Å²) in [5, 5.41) is 10.1. The number of benzene rings is 1. The number of hydrogen-bond donors (Lipinski definition) is 4. The highest BCUT2D eigenvalue weighted by Gasteiger charge is 2.29. The molecule has 7 nitrogen and oxygen atoms in total. The predicted molar refractivity (Wildman–Crippen MR) is 109 cm³/mol. The molecule has 1 aliphatic heterocycles. The van der Waals surface area contributed by atoms with Crippen molar-refractivity contribution in [2.75, 3.05) is 14.1 Å². The van der Waals surface area contributed by atoms with Gasteiger partial charge in [0.05, 0.1) is 0 Å². The number of hydrogen-bond acceptors (Lipinski definition) is 7. The molecule has 0 saturated carbocycles. The Morgan fingerprint density at radius 3 is 2.74 bits per heavy atom. The number of hydrazone groups is 1. The van der Waals surface area contributed by atoms with E-state index < -0.39 is 11.9 Å². The van der Waals surface area contributed by atoms with Crippen molar-refractivity contribution in [1.29, 1.82) is 0 Å². The minimum Gasteiger partial charge on any atom is -0.382 e. The summed E-state index contributed by atoms with van der Waals surface area (Å²) < 4.78 is 13.5. The Labute approximate surface area is 166 Å². The van der Waals surface area contributed by atoms with Gasteiger partial charge in [-0.15, -0.1) is 11.3 Å². The molecule has 0 aliphatic carbocycles. The van der Waals surface area contributed by atoms with E-state index in [1.54, 1.807) is 19.3 Å². The highest BCUT2D eigenvalue weighted by atomic mass is 35.5. The molecule has 2 aromatic rings. The van der Waals surface area contributed by atoms with Crippen molar-refractivity contribution in [2.45, 2.75) is 13.0 Å². The first-order chi connectivity index (χ1) is 13.0. The highest BCUT2D eigenvalue weighted by Crippen LogP contribution is 2.35. The van der Waals surface area contributed by atoms with Gasteiger partial charge >= 0.3 is 0 Å². The van der Waals surface area contributed by atoms with Gasteiger partial charge in [-0.05, 0) is 26.1 Å². The summed E-state index contributed by atoms with van der Waals surface area (Å²) in [7, 11) is 3.16. The van der Waals surface area contributed by atoms with E-state index in [0.29, 0.717) is 17.0 Å². The summed E-state index contributed by atoms with van der Waals surface area (Å²) >= 11 is 7.73. The van der Waals surface area contributed by atoms with Crippen LogP contribution in [-0.4, -0.2) is 30.8 Å². The van der Waals surface area contributed by atoms with E-state index in [4.69, 9.17) is 22.3 Å². The van der Waals surface area contributed by atoms with Crippen molar-refractivity contribution in [3.8, 4) is 0 Å². The van der Waals surface area contributed by atoms with Gasteiger partial charge in [-0.1, -0.05) is 17.7 Å². The number of aliphatic imine (C=N–C) groups is 1. The summed E-state index contributed by atoms with van der Waals surface area (Å²) in [6, 6.07) is 3.69. The number of allylic oxidation sites excluding steroid dienone is 1. The van der Waals surface area contributed by atoms with Crippen LogP contribution in [0, 0.1) is 5.82 Å². The number of nitrogens with zero attached hydrogens (tertiary/aromatic N) is 3. The van der Waals surface area contributed by atoms with Crippen molar-refractivity contribution in [2.24, 2.45) is 21.6 Å².